The number of halogens is 1. The van der Waals surface area contributed by atoms with E-state index in [0.717, 1.165) is 21.6 Å². The number of rotatable bonds is 6. The summed E-state index contributed by atoms with van der Waals surface area (Å²) in [7, 11) is -3.59. The zero-order valence-corrected chi connectivity index (χ0v) is 14.9. The predicted octanol–water partition coefficient (Wildman–Crippen LogP) is 3.12. The lowest BCUT2D eigenvalue weighted by atomic mass is 10.4. The molecule has 0 saturated carbocycles. The molecular formula is C13H16BrN3O2S2. The highest BCUT2D eigenvalue weighted by Crippen LogP contribution is 2.22. The van der Waals surface area contributed by atoms with Gasteiger partial charge in [-0.15, -0.1) is 11.3 Å². The smallest absolute Gasteiger partial charge is 0.263 e. The second kappa shape index (κ2) is 6.87. The van der Waals surface area contributed by atoms with Crippen LogP contribution in [0.3, 0.4) is 0 Å². The van der Waals surface area contributed by atoms with E-state index in [4.69, 9.17) is 0 Å². The fourth-order valence-electron chi connectivity index (χ4n) is 1.64. The molecule has 0 spiro atoms. The van der Waals surface area contributed by atoms with Crippen molar-refractivity contribution in [2.24, 2.45) is 0 Å². The van der Waals surface area contributed by atoms with Gasteiger partial charge in [0.25, 0.3) is 10.0 Å². The first kappa shape index (κ1) is 16.4. The Kier molecular flexibility index (Phi) is 5.37. The fraction of sp³-hybridized carbons (Fsp3) is 0.308. The summed E-state index contributed by atoms with van der Waals surface area (Å²) in [5.41, 5.74) is 0.730. The number of aryl methyl sites for hydroxylation is 1. The van der Waals surface area contributed by atoms with Crippen molar-refractivity contribution in [3.63, 3.8) is 0 Å². The molecule has 2 rings (SSSR count). The molecule has 2 heterocycles. The molecule has 0 radical (unpaired) electrons. The summed E-state index contributed by atoms with van der Waals surface area (Å²) in [6.07, 6.45) is 0. The second-order valence-corrected chi connectivity index (χ2v) is 7.93. The first-order valence-electron chi connectivity index (χ1n) is 6.36. The van der Waals surface area contributed by atoms with Crippen molar-refractivity contribution in [1.29, 1.82) is 0 Å². The minimum Gasteiger partial charge on any atom is -0.312 e. The maximum Gasteiger partial charge on any atom is 0.263 e. The van der Waals surface area contributed by atoms with E-state index in [1.807, 2.05) is 6.92 Å². The quantitative estimate of drug-likeness (QED) is 0.795. The molecule has 21 heavy (non-hydrogen) atoms. The SMILES string of the molecule is CCNCc1cc(S(=O)(=O)Nc2ccc(Br)c(C)n2)cs1. The Morgan fingerprint density at radius 1 is 1.38 bits per heavy atom. The molecule has 0 aliphatic carbocycles. The largest absolute Gasteiger partial charge is 0.312 e. The standard InChI is InChI=1S/C13H16BrN3O2S2/c1-3-15-7-10-6-11(8-20-10)21(18,19)17-13-5-4-12(14)9(2)16-13/h4-6,8,15H,3,7H2,1-2H3,(H,16,17). The third-order valence-electron chi connectivity index (χ3n) is 2.75. The third-order valence-corrected chi connectivity index (χ3v) is 6.01. The van der Waals surface area contributed by atoms with Gasteiger partial charge in [-0.3, -0.25) is 4.72 Å². The molecule has 2 N–H and O–H groups in total. The maximum absolute atomic E-state index is 12.3. The molecule has 8 heteroatoms. The average molecular weight is 390 g/mol. The van der Waals surface area contributed by atoms with Crippen molar-refractivity contribution < 1.29 is 8.42 Å². The van der Waals surface area contributed by atoms with E-state index in [9.17, 15) is 8.42 Å². The predicted molar refractivity (Wildman–Crippen MR) is 89.2 cm³/mol. The van der Waals surface area contributed by atoms with Gasteiger partial charge in [0.2, 0.25) is 0 Å². The molecule has 0 atom stereocenters. The number of hydrogen-bond donors (Lipinski definition) is 2. The van der Waals surface area contributed by atoms with E-state index < -0.39 is 10.0 Å². The van der Waals surface area contributed by atoms with Crippen LogP contribution in [0.5, 0.6) is 0 Å². The number of hydrogen-bond acceptors (Lipinski definition) is 5. The normalized spacial score (nSPS) is 11.6. The van der Waals surface area contributed by atoms with E-state index in [1.54, 1.807) is 30.5 Å². The Balaban J connectivity index is 2.17. The fourth-order valence-corrected chi connectivity index (χ4v) is 4.11. The molecular weight excluding hydrogens is 374 g/mol. The molecule has 0 aromatic carbocycles. The lowest BCUT2D eigenvalue weighted by Crippen LogP contribution is -2.14. The van der Waals surface area contributed by atoms with Crippen molar-refractivity contribution in [3.05, 3.63) is 38.6 Å². The Morgan fingerprint density at radius 3 is 2.81 bits per heavy atom. The molecule has 2 aromatic rings. The first-order valence-corrected chi connectivity index (χ1v) is 9.52. The minimum absolute atomic E-state index is 0.266. The highest BCUT2D eigenvalue weighted by Gasteiger charge is 2.17. The van der Waals surface area contributed by atoms with E-state index >= 15 is 0 Å². The van der Waals surface area contributed by atoms with Gasteiger partial charge in [-0.05, 0) is 47.6 Å². The van der Waals surface area contributed by atoms with Crippen LogP contribution in [-0.4, -0.2) is 19.9 Å². The number of thiophene rings is 1. The zero-order chi connectivity index (χ0) is 15.5. The van der Waals surface area contributed by atoms with Crippen molar-refractivity contribution in [1.82, 2.24) is 10.3 Å². The lowest BCUT2D eigenvalue weighted by molar-refractivity contribution is 0.601. The zero-order valence-electron chi connectivity index (χ0n) is 11.7. The first-order chi connectivity index (χ1) is 9.92. The van der Waals surface area contributed by atoms with E-state index in [1.165, 1.54) is 11.3 Å². The molecule has 0 aliphatic rings. The summed E-state index contributed by atoms with van der Waals surface area (Å²) in [5, 5.41) is 4.81. The number of pyridine rings is 1. The average Bonchev–Trinajstić information content (AvgIpc) is 2.90. The van der Waals surface area contributed by atoms with Gasteiger partial charge in [-0.2, -0.15) is 0 Å². The maximum atomic E-state index is 12.3. The lowest BCUT2D eigenvalue weighted by Gasteiger charge is -2.07. The van der Waals surface area contributed by atoms with Crippen LogP contribution in [0.2, 0.25) is 0 Å². The van der Waals surface area contributed by atoms with E-state index in [2.05, 4.69) is 31.0 Å². The van der Waals surface area contributed by atoms with Crippen LogP contribution < -0.4 is 10.0 Å². The number of aromatic nitrogens is 1. The van der Waals surface area contributed by atoms with Crippen molar-refractivity contribution in [2.75, 3.05) is 11.3 Å². The third kappa shape index (κ3) is 4.26. The topological polar surface area (TPSA) is 71.1 Å². The van der Waals surface area contributed by atoms with Crippen LogP contribution in [-0.2, 0) is 16.6 Å². The molecule has 0 fully saturated rings. The van der Waals surface area contributed by atoms with Crippen LogP contribution in [0.1, 0.15) is 17.5 Å². The summed E-state index contributed by atoms with van der Waals surface area (Å²) in [4.78, 5) is 5.44. The van der Waals surface area contributed by atoms with Crippen molar-refractivity contribution in [2.45, 2.75) is 25.3 Å². The highest BCUT2D eigenvalue weighted by atomic mass is 79.9. The van der Waals surface area contributed by atoms with Gasteiger partial charge >= 0.3 is 0 Å². The summed E-state index contributed by atoms with van der Waals surface area (Å²) < 4.78 is 28.0. The number of nitrogens with one attached hydrogen (secondary N) is 2. The Hall–Kier alpha value is -0.960. The molecule has 0 aliphatic heterocycles. The van der Waals surface area contributed by atoms with Crippen molar-refractivity contribution >= 4 is 43.1 Å². The minimum atomic E-state index is -3.59. The van der Waals surface area contributed by atoms with Gasteiger partial charge in [0, 0.05) is 21.3 Å². The molecule has 0 unspecified atom stereocenters. The monoisotopic (exact) mass is 389 g/mol. The Morgan fingerprint density at radius 2 is 2.14 bits per heavy atom. The van der Waals surface area contributed by atoms with E-state index in [-0.39, 0.29) is 4.90 Å². The summed E-state index contributed by atoms with van der Waals surface area (Å²) in [6.45, 7) is 5.34. The number of anilines is 1. The highest BCUT2D eigenvalue weighted by molar-refractivity contribution is 9.10. The van der Waals surface area contributed by atoms with Gasteiger partial charge in [0.15, 0.2) is 0 Å². The Labute approximate surface area is 137 Å². The molecule has 0 amide bonds. The molecule has 0 saturated heterocycles. The van der Waals surface area contributed by atoms with E-state index in [0.29, 0.717) is 12.4 Å². The summed E-state index contributed by atoms with van der Waals surface area (Å²) >= 11 is 4.76. The van der Waals surface area contributed by atoms with Crippen LogP contribution in [0.25, 0.3) is 0 Å². The van der Waals surface area contributed by atoms with Gasteiger partial charge in [0.1, 0.15) is 5.82 Å². The van der Waals surface area contributed by atoms with Crippen LogP contribution in [0.15, 0.2) is 32.9 Å². The van der Waals surface area contributed by atoms with Crippen LogP contribution >= 0.6 is 27.3 Å². The van der Waals surface area contributed by atoms with Gasteiger partial charge in [0.05, 0.1) is 10.6 Å². The molecule has 5 nitrogen and oxygen atoms in total. The summed E-state index contributed by atoms with van der Waals surface area (Å²) in [6, 6.07) is 5.08. The van der Waals surface area contributed by atoms with Gasteiger partial charge < -0.3 is 5.32 Å². The second-order valence-electron chi connectivity index (χ2n) is 4.40. The van der Waals surface area contributed by atoms with Crippen LogP contribution in [0.4, 0.5) is 5.82 Å². The molecule has 0 bridgehead atoms. The summed E-state index contributed by atoms with van der Waals surface area (Å²) in [5.74, 6) is 0.315. The van der Waals surface area contributed by atoms with Gasteiger partial charge in [-0.25, -0.2) is 13.4 Å². The van der Waals surface area contributed by atoms with Crippen LogP contribution in [0, 0.1) is 6.92 Å². The number of sulfonamides is 1. The number of nitrogens with zero attached hydrogens (tertiary/aromatic N) is 1. The molecule has 2 aromatic heterocycles. The van der Waals surface area contributed by atoms with Gasteiger partial charge in [-0.1, -0.05) is 6.92 Å². The molecule has 114 valence electrons. The Bertz CT molecular complexity index is 729. The van der Waals surface area contributed by atoms with Crippen molar-refractivity contribution in [3.8, 4) is 0 Å².